The summed E-state index contributed by atoms with van der Waals surface area (Å²) in [4.78, 5) is 56.4. The summed E-state index contributed by atoms with van der Waals surface area (Å²) in [6, 6.07) is 61.5. The molecule has 0 amide bonds. The molecule has 0 heterocycles. The number of benzene rings is 10. The quantitative estimate of drug-likeness (QED) is 0.0291. The zero-order valence-corrected chi connectivity index (χ0v) is 66.0. The molecule has 12 nitrogen and oxygen atoms in total. The number of thioether (sulfide) groups is 1. The predicted octanol–water partition coefficient (Wildman–Crippen LogP) is 23.6. The number of aryl methyl sites for hydroxylation is 1. The van der Waals surface area contributed by atoms with Crippen LogP contribution in [0.25, 0.3) is 86.1 Å². The van der Waals surface area contributed by atoms with Crippen LogP contribution in [0.3, 0.4) is 0 Å². The van der Waals surface area contributed by atoms with Crippen LogP contribution in [0.4, 0.5) is 22.0 Å². The molecule has 0 aliphatic heterocycles. The van der Waals surface area contributed by atoms with Crippen LogP contribution < -0.4 is 9.47 Å². The summed E-state index contributed by atoms with van der Waals surface area (Å²) < 4.78 is 78.6. The Morgan fingerprint density at radius 2 is 0.610 bits per heavy atom. The number of hydrogen-bond donors (Lipinski definition) is 5. The zero-order valence-electron chi connectivity index (χ0n) is 65.2. The third-order valence-corrected chi connectivity index (χ3v) is 19.9. The van der Waals surface area contributed by atoms with Crippen molar-refractivity contribution in [1.29, 1.82) is 0 Å². The molecule has 0 saturated carbocycles. The Balaban J connectivity index is 0.000000145. The van der Waals surface area contributed by atoms with Gasteiger partial charge in [0.25, 0.3) is 0 Å². The van der Waals surface area contributed by atoms with Crippen molar-refractivity contribution < 1.29 is 80.9 Å². The molecule has 118 heavy (non-hydrogen) atoms. The Kier molecular flexibility index (Phi) is 27.7. The van der Waals surface area contributed by atoms with Crippen molar-refractivity contribution in [1.82, 2.24) is 0 Å². The SMILES string of the molecule is C#Cc1ccc(/C=C2\C=C(CC(=O)O)c3cc(F)ccc32)cc1.CC(C)(C)Oc1ccc(/C=C2\C=C(CC(=O)O)c3cc(F)ccc32)cc1.CCc1ccc(/C=C2\C=C(CC(=O)O)c3cc(F)ccc32)cc1.COc1ccc(/C=C2\C=C(CC(=O)O)c3cc(F)ccc32)cc1.CSc1ccc(/C=C2\C=C(CC(=O)O)c3cc(F)ccc32)cc1. The second-order valence-corrected chi connectivity index (χ2v) is 29.7. The first-order valence-electron chi connectivity index (χ1n) is 37.4. The van der Waals surface area contributed by atoms with E-state index in [2.05, 4.69) is 25.0 Å². The summed E-state index contributed by atoms with van der Waals surface area (Å²) in [7, 11) is 1.61. The third kappa shape index (κ3) is 22.8. The van der Waals surface area contributed by atoms with Crippen molar-refractivity contribution in [2.45, 2.75) is 76.7 Å². The van der Waals surface area contributed by atoms with Gasteiger partial charge in [0.15, 0.2) is 0 Å². The predicted molar refractivity (Wildman–Crippen MR) is 461 cm³/mol. The highest BCUT2D eigenvalue weighted by Gasteiger charge is 2.27. The van der Waals surface area contributed by atoms with Gasteiger partial charge in [-0.15, -0.1) is 18.2 Å². The third-order valence-electron chi connectivity index (χ3n) is 19.2. The molecule has 10 aromatic carbocycles. The fourth-order valence-corrected chi connectivity index (χ4v) is 14.2. The molecule has 5 aliphatic rings. The molecule has 0 radical (unpaired) electrons. The number of rotatable bonds is 19. The van der Waals surface area contributed by atoms with Gasteiger partial charge >= 0.3 is 29.8 Å². The summed E-state index contributed by atoms with van der Waals surface area (Å²) >= 11 is 1.68. The van der Waals surface area contributed by atoms with E-state index >= 15 is 0 Å². The van der Waals surface area contributed by atoms with Crippen LogP contribution in [0.1, 0.15) is 154 Å². The lowest BCUT2D eigenvalue weighted by molar-refractivity contribution is -0.136. The van der Waals surface area contributed by atoms with Gasteiger partial charge in [-0.3, -0.25) is 24.0 Å². The molecule has 0 unspecified atom stereocenters. The largest absolute Gasteiger partial charge is 0.497 e. The molecule has 594 valence electrons. The standard InChI is InChI=1S/C22H21FO3.C20H17FO2.C20H13FO2.C19H15FO3.C19H15FO2S/c1-22(2,3)26-18-7-4-14(5-8-18)10-15-11-16(12-21(24)25)20-13-17(23)6-9-19(15)20;2*1-2-13-3-5-14(6-4-13)9-15-10-16(11-20(22)23)19-12-17(21)7-8-18(15)19;2*1-23-16-5-2-12(3-6-16)8-13-9-14(10-19(21)22)18-11-15(20)4-7-17(13)18/h4-11,13H,12H2,1-3H3,(H,24,25);3-10,12H,2,11H2,1H3,(H,22,23);1,3-10,12H,11H2,(H,22,23);2*2-9,11H,10H2,1H3,(H,21,22)/b15-10+;2*15-9+;2*13-8+. The first-order chi connectivity index (χ1) is 56.5. The number of allylic oxidation sites excluding steroid dienone is 10. The zero-order chi connectivity index (χ0) is 84.5. The number of halogens is 5. The Morgan fingerprint density at radius 3 is 0.839 bits per heavy atom. The Morgan fingerprint density at radius 1 is 0.364 bits per heavy atom. The van der Waals surface area contributed by atoms with E-state index in [0.29, 0.717) is 55.7 Å². The highest BCUT2D eigenvalue weighted by Crippen LogP contribution is 2.44. The highest BCUT2D eigenvalue weighted by atomic mass is 32.2. The van der Waals surface area contributed by atoms with Gasteiger partial charge in [0.05, 0.1) is 39.2 Å². The molecular weight excluding hydrogens is 1520 g/mol. The van der Waals surface area contributed by atoms with Gasteiger partial charge in [0.1, 0.15) is 46.2 Å². The topological polar surface area (TPSA) is 205 Å². The van der Waals surface area contributed by atoms with E-state index in [1.54, 1.807) is 55.3 Å². The second kappa shape index (κ2) is 38.5. The van der Waals surface area contributed by atoms with Crippen LogP contribution in [-0.4, -0.2) is 74.3 Å². The first-order valence-corrected chi connectivity index (χ1v) is 38.6. The number of ether oxygens (including phenoxy) is 2. The highest BCUT2D eigenvalue weighted by molar-refractivity contribution is 7.98. The first kappa shape index (κ1) is 85.0. The molecule has 5 N–H and O–H groups in total. The number of terminal acetylenes is 1. The fourth-order valence-electron chi connectivity index (χ4n) is 13.8. The van der Waals surface area contributed by atoms with Gasteiger partial charge in [0.2, 0.25) is 0 Å². The maximum Gasteiger partial charge on any atom is 0.307 e. The number of aliphatic carboxylic acids is 5. The van der Waals surface area contributed by atoms with E-state index in [0.717, 1.165) is 107 Å². The van der Waals surface area contributed by atoms with Crippen LogP contribution in [-0.2, 0) is 30.4 Å². The van der Waals surface area contributed by atoms with Gasteiger partial charge in [-0.25, -0.2) is 22.0 Å². The van der Waals surface area contributed by atoms with Gasteiger partial charge in [-0.2, -0.15) is 0 Å². The Hall–Kier alpha value is -13.9. The van der Waals surface area contributed by atoms with Crippen LogP contribution in [0.5, 0.6) is 11.5 Å². The van der Waals surface area contributed by atoms with E-state index in [-0.39, 0.29) is 66.8 Å². The summed E-state index contributed by atoms with van der Waals surface area (Å²) in [5.41, 5.74) is 21.9. The van der Waals surface area contributed by atoms with Crippen LogP contribution in [0.15, 0.2) is 248 Å². The van der Waals surface area contributed by atoms with Crippen LogP contribution >= 0.6 is 11.8 Å². The maximum absolute atomic E-state index is 13.6. The molecule has 18 heteroatoms. The molecule has 15 rings (SSSR count). The van der Waals surface area contributed by atoms with E-state index in [9.17, 15) is 45.9 Å². The summed E-state index contributed by atoms with van der Waals surface area (Å²) in [6.07, 6.45) is 26.7. The lowest BCUT2D eigenvalue weighted by Gasteiger charge is -2.21. The molecule has 5 aliphatic carbocycles. The second-order valence-electron chi connectivity index (χ2n) is 28.8. The number of hydrogen-bond acceptors (Lipinski definition) is 8. The van der Waals surface area contributed by atoms with Crippen molar-refractivity contribution in [2.24, 2.45) is 0 Å². The van der Waals surface area contributed by atoms with E-state index in [4.69, 9.17) is 41.4 Å². The molecule has 0 fully saturated rings. The minimum absolute atomic E-state index is 0.109. The Bertz CT molecular complexity index is 5590. The fraction of sp³-hybridized carbons (Fsp3) is 0.130. The van der Waals surface area contributed by atoms with Gasteiger partial charge in [0, 0.05) is 10.5 Å². The molecule has 0 aromatic heterocycles. The molecule has 0 saturated heterocycles. The number of carboxylic acid groups (broad SMARTS) is 5. The van der Waals surface area contributed by atoms with Crippen molar-refractivity contribution in [3.8, 4) is 23.8 Å². The monoisotopic (exact) mass is 1600 g/mol. The van der Waals surface area contributed by atoms with Crippen molar-refractivity contribution in [2.75, 3.05) is 13.4 Å². The van der Waals surface area contributed by atoms with Crippen LogP contribution in [0.2, 0.25) is 0 Å². The molecule has 0 spiro atoms. The summed E-state index contributed by atoms with van der Waals surface area (Å²) in [6.45, 7) is 8.08. The summed E-state index contributed by atoms with van der Waals surface area (Å²) in [5, 5.41) is 45.3. The average Bonchev–Trinajstić information content (AvgIpc) is 1.67. The van der Waals surface area contributed by atoms with Crippen molar-refractivity contribution >= 4 is 128 Å². The number of methoxy groups -OCH3 is 1. The van der Waals surface area contributed by atoms with E-state index in [1.165, 1.54) is 71.1 Å². The minimum Gasteiger partial charge on any atom is -0.497 e. The molecule has 10 aromatic rings. The maximum atomic E-state index is 13.6. The van der Waals surface area contributed by atoms with Crippen LogP contribution in [0, 0.1) is 41.4 Å². The number of carboxylic acids is 5. The average molecular weight is 1600 g/mol. The normalized spacial score (nSPS) is 14.6. The minimum atomic E-state index is -0.939. The van der Waals surface area contributed by atoms with Gasteiger partial charge in [-0.05, 0) is 348 Å². The molecule has 0 bridgehead atoms. The Labute approximate surface area is 685 Å². The van der Waals surface area contributed by atoms with E-state index in [1.807, 2.05) is 191 Å². The van der Waals surface area contributed by atoms with Crippen molar-refractivity contribution in [3.63, 3.8) is 0 Å². The van der Waals surface area contributed by atoms with Gasteiger partial charge < -0.3 is 35.0 Å². The number of carbonyl (C=O) groups is 5. The smallest absolute Gasteiger partial charge is 0.307 e. The lowest BCUT2D eigenvalue weighted by atomic mass is 10.0. The number of fused-ring (bicyclic) bond motifs is 5. The van der Waals surface area contributed by atoms with E-state index < -0.39 is 29.8 Å². The summed E-state index contributed by atoms with van der Waals surface area (Å²) in [5.74, 6) is -2.35. The van der Waals surface area contributed by atoms with Gasteiger partial charge in [-0.1, -0.05) is 116 Å². The molecule has 0 atom stereocenters. The molecular formula is C100H81F5O12S. The van der Waals surface area contributed by atoms with Crippen molar-refractivity contribution in [3.05, 3.63) is 366 Å². The lowest BCUT2D eigenvalue weighted by Crippen LogP contribution is -2.22.